The lowest BCUT2D eigenvalue weighted by Gasteiger charge is -2.11. The van der Waals surface area contributed by atoms with Crippen LogP contribution in [-0.2, 0) is 9.53 Å². The fourth-order valence-electron chi connectivity index (χ4n) is 2.89. The third-order valence-electron chi connectivity index (χ3n) is 4.15. The molecule has 0 fully saturated rings. The smallest absolute Gasteiger partial charge is 0.336 e. The Labute approximate surface area is 171 Å². The van der Waals surface area contributed by atoms with Crippen LogP contribution in [0.2, 0.25) is 0 Å². The van der Waals surface area contributed by atoms with Gasteiger partial charge in [0, 0.05) is 21.5 Å². The first-order valence-electron chi connectivity index (χ1n) is 8.94. The lowest BCUT2D eigenvalue weighted by molar-refractivity contribution is -0.139. The van der Waals surface area contributed by atoms with Gasteiger partial charge in [0.2, 0.25) is 0 Å². The fraction of sp³-hybridized carbons (Fsp3) is 0.136. The molecule has 0 bridgehead atoms. The van der Waals surface area contributed by atoms with Gasteiger partial charge in [0.15, 0.2) is 0 Å². The molecule has 0 radical (unpaired) electrons. The first-order chi connectivity index (χ1) is 14.0. The Kier molecular flexibility index (Phi) is 6.51. The number of carbonyl (C=O) groups excluding carboxylic acids is 2. The van der Waals surface area contributed by atoms with Crippen molar-refractivity contribution >= 4 is 46.1 Å². The molecular formula is C22H19NO5S. The van der Waals surface area contributed by atoms with Crippen molar-refractivity contribution in [3.05, 3.63) is 71.8 Å². The summed E-state index contributed by atoms with van der Waals surface area (Å²) >= 11 is 1.35. The number of carbonyl (C=O) groups is 3. The topological polar surface area (TPSA) is 92.7 Å². The van der Waals surface area contributed by atoms with E-state index in [1.54, 1.807) is 61.5 Å². The van der Waals surface area contributed by atoms with Crippen LogP contribution in [0, 0.1) is 0 Å². The summed E-state index contributed by atoms with van der Waals surface area (Å²) in [4.78, 5) is 36.7. The van der Waals surface area contributed by atoms with E-state index < -0.39 is 11.9 Å². The van der Waals surface area contributed by atoms with Gasteiger partial charge in [-0.25, -0.2) is 4.79 Å². The molecule has 3 rings (SSSR count). The molecule has 0 saturated carbocycles. The largest absolute Gasteiger partial charge is 0.478 e. The second-order valence-corrected chi connectivity index (χ2v) is 7.14. The minimum Gasteiger partial charge on any atom is -0.478 e. The third-order valence-corrected chi connectivity index (χ3v) is 5.14. The Morgan fingerprint density at radius 2 is 1.62 bits per heavy atom. The number of thioether (sulfide) groups is 1. The summed E-state index contributed by atoms with van der Waals surface area (Å²) < 4.78 is 4.89. The SMILES string of the molecule is CCOC(=O)CSc1ccc(NC(=O)c2cccc3cccc(C(=O)O)c23)cc1. The molecule has 2 N–H and O–H groups in total. The summed E-state index contributed by atoms with van der Waals surface area (Å²) in [5, 5.41) is 13.3. The maximum absolute atomic E-state index is 12.8. The molecule has 0 aliphatic carbocycles. The van der Waals surface area contributed by atoms with Gasteiger partial charge in [-0.05, 0) is 48.7 Å². The van der Waals surface area contributed by atoms with E-state index >= 15 is 0 Å². The maximum atomic E-state index is 12.8. The van der Waals surface area contributed by atoms with Crippen molar-refractivity contribution in [2.24, 2.45) is 0 Å². The molecule has 148 valence electrons. The predicted octanol–water partition coefficient (Wildman–Crippen LogP) is 4.45. The van der Waals surface area contributed by atoms with Gasteiger partial charge in [0.25, 0.3) is 5.91 Å². The number of hydrogen-bond acceptors (Lipinski definition) is 5. The zero-order valence-corrected chi connectivity index (χ0v) is 16.5. The molecule has 0 aliphatic heterocycles. The molecule has 0 heterocycles. The van der Waals surface area contributed by atoms with Gasteiger partial charge in [-0.2, -0.15) is 0 Å². The van der Waals surface area contributed by atoms with Crippen molar-refractivity contribution in [2.45, 2.75) is 11.8 Å². The van der Waals surface area contributed by atoms with Crippen LogP contribution in [0.5, 0.6) is 0 Å². The molecule has 7 heteroatoms. The van der Waals surface area contributed by atoms with Gasteiger partial charge >= 0.3 is 11.9 Å². The summed E-state index contributed by atoms with van der Waals surface area (Å²) in [5.74, 6) is -1.54. The quantitative estimate of drug-likeness (QED) is 0.443. The minimum absolute atomic E-state index is 0.0824. The van der Waals surface area contributed by atoms with Crippen molar-refractivity contribution in [1.82, 2.24) is 0 Å². The molecule has 0 spiro atoms. The Morgan fingerprint density at radius 3 is 2.24 bits per heavy atom. The highest BCUT2D eigenvalue weighted by Crippen LogP contribution is 2.25. The average Bonchev–Trinajstić information content (AvgIpc) is 2.72. The normalized spacial score (nSPS) is 10.5. The Hall–Kier alpha value is -3.32. The van der Waals surface area contributed by atoms with Crippen LogP contribution < -0.4 is 5.32 Å². The van der Waals surface area contributed by atoms with E-state index in [0.29, 0.717) is 28.6 Å². The van der Waals surface area contributed by atoms with Gasteiger partial charge in [-0.3, -0.25) is 9.59 Å². The van der Waals surface area contributed by atoms with Crippen LogP contribution in [-0.4, -0.2) is 35.3 Å². The average molecular weight is 409 g/mol. The number of carboxylic acid groups (broad SMARTS) is 1. The number of fused-ring (bicyclic) bond motifs is 1. The monoisotopic (exact) mass is 409 g/mol. The minimum atomic E-state index is -1.08. The number of rotatable bonds is 7. The van der Waals surface area contributed by atoms with Crippen LogP contribution in [0.4, 0.5) is 5.69 Å². The van der Waals surface area contributed by atoms with E-state index in [9.17, 15) is 19.5 Å². The first-order valence-corrected chi connectivity index (χ1v) is 9.93. The number of hydrogen-bond donors (Lipinski definition) is 2. The van der Waals surface area contributed by atoms with Crippen LogP contribution >= 0.6 is 11.8 Å². The molecule has 6 nitrogen and oxygen atoms in total. The molecule has 0 unspecified atom stereocenters. The van der Waals surface area contributed by atoms with Gasteiger partial charge in [-0.1, -0.05) is 24.3 Å². The Morgan fingerprint density at radius 1 is 0.966 bits per heavy atom. The number of nitrogens with one attached hydrogen (secondary N) is 1. The number of carboxylic acids is 1. The zero-order valence-electron chi connectivity index (χ0n) is 15.7. The summed E-state index contributed by atoms with van der Waals surface area (Å²) in [7, 11) is 0. The van der Waals surface area contributed by atoms with Crippen molar-refractivity contribution < 1.29 is 24.2 Å². The van der Waals surface area contributed by atoms with E-state index in [4.69, 9.17) is 4.74 Å². The van der Waals surface area contributed by atoms with Crippen LogP contribution in [0.25, 0.3) is 10.8 Å². The maximum Gasteiger partial charge on any atom is 0.336 e. The summed E-state index contributed by atoms with van der Waals surface area (Å²) in [6.45, 7) is 2.11. The molecular weight excluding hydrogens is 390 g/mol. The number of esters is 1. The van der Waals surface area contributed by atoms with Crippen LogP contribution in [0.1, 0.15) is 27.6 Å². The van der Waals surface area contributed by atoms with Gasteiger partial charge in [-0.15, -0.1) is 11.8 Å². The van der Waals surface area contributed by atoms with Crippen molar-refractivity contribution in [3.8, 4) is 0 Å². The molecule has 29 heavy (non-hydrogen) atoms. The van der Waals surface area contributed by atoms with Crippen molar-refractivity contribution in [2.75, 3.05) is 17.7 Å². The molecule has 0 aliphatic rings. The summed E-state index contributed by atoms with van der Waals surface area (Å²) in [6.07, 6.45) is 0. The molecule has 0 saturated heterocycles. The van der Waals surface area contributed by atoms with E-state index in [1.165, 1.54) is 17.8 Å². The molecule has 0 aromatic heterocycles. The van der Waals surface area contributed by atoms with E-state index in [2.05, 4.69) is 5.32 Å². The molecule has 3 aromatic rings. The van der Waals surface area contributed by atoms with Gasteiger partial charge < -0.3 is 15.2 Å². The first kappa shape index (κ1) is 20.4. The van der Waals surface area contributed by atoms with E-state index in [1.807, 2.05) is 0 Å². The Balaban J connectivity index is 1.77. The second kappa shape index (κ2) is 9.25. The van der Waals surface area contributed by atoms with Crippen LogP contribution in [0.15, 0.2) is 65.6 Å². The number of benzene rings is 3. The van der Waals surface area contributed by atoms with Crippen molar-refractivity contribution in [1.29, 1.82) is 0 Å². The summed E-state index contributed by atoms with van der Waals surface area (Å²) in [6, 6.07) is 17.1. The number of ether oxygens (including phenoxy) is 1. The molecule has 3 aromatic carbocycles. The number of amides is 1. The number of aromatic carboxylic acids is 1. The van der Waals surface area contributed by atoms with E-state index in [-0.39, 0.29) is 17.3 Å². The molecule has 0 atom stereocenters. The lowest BCUT2D eigenvalue weighted by atomic mass is 9.98. The third kappa shape index (κ3) is 4.94. The fourth-order valence-corrected chi connectivity index (χ4v) is 3.58. The highest BCUT2D eigenvalue weighted by molar-refractivity contribution is 8.00. The predicted molar refractivity (Wildman–Crippen MR) is 113 cm³/mol. The second-order valence-electron chi connectivity index (χ2n) is 6.09. The summed E-state index contributed by atoms with van der Waals surface area (Å²) in [5.41, 5.74) is 0.945. The zero-order chi connectivity index (χ0) is 20.8. The standard InChI is InChI=1S/C22H19NO5S/c1-2-28-19(24)13-29-16-11-9-15(10-12-16)23-21(25)17-7-3-5-14-6-4-8-18(20(14)17)22(26)27/h3-12H,2,13H2,1H3,(H,23,25)(H,26,27). The lowest BCUT2D eigenvalue weighted by Crippen LogP contribution is -2.13. The highest BCUT2D eigenvalue weighted by atomic mass is 32.2. The van der Waals surface area contributed by atoms with Crippen molar-refractivity contribution in [3.63, 3.8) is 0 Å². The Bertz CT molecular complexity index is 1060. The molecule has 1 amide bonds. The highest BCUT2D eigenvalue weighted by Gasteiger charge is 2.16. The van der Waals surface area contributed by atoms with Gasteiger partial charge in [0.1, 0.15) is 0 Å². The van der Waals surface area contributed by atoms with Gasteiger partial charge in [0.05, 0.1) is 17.9 Å². The number of anilines is 1. The van der Waals surface area contributed by atoms with E-state index in [0.717, 1.165) is 4.90 Å². The van der Waals surface area contributed by atoms with Crippen LogP contribution in [0.3, 0.4) is 0 Å².